The van der Waals surface area contributed by atoms with Gasteiger partial charge >= 0.3 is 0 Å². The minimum absolute atomic E-state index is 0.736. The zero-order chi connectivity index (χ0) is 14.7. The summed E-state index contributed by atoms with van der Waals surface area (Å²) in [6, 6.07) is 1.52. The van der Waals surface area contributed by atoms with E-state index in [-0.39, 0.29) is 0 Å². The molecular formula is C17H29N3S. The SMILES string of the molecule is CCCc1nc(N(CC)C2CCCC2)sc1CNC1CC1. The largest absolute Gasteiger partial charge is 0.345 e. The highest BCUT2D eigenvalue weighted by Crippen LogP contribution is 2.33. The summed E-state index contributed by atoms with van der Waals surface area (Å²) in [6.07, 6.45) is 10.5. The van der Waals surface area contributed by atoms with Crippen molar-refractivity contribution in [1.82, 2.24) is 10.3 Å². The van der Waals surface area contributed by atoms with Gasteiger partial charge in [0.2, 0.25) is 0 Å². The number of rotatable bonds is 8. The molecule has 3 nitrogen and oxygen atoms in total. The maximum absolute atomic E-state index is 5.02. The molecule has 1 aromatic rings. The van der Waals surface area contributed by atoms with Crippen LogP contribution in [0.25, 0.3) is 0 Å². The molecule has 2 fully saturated rings. The number of anilines is 1. The molecule has 0 bridgehead atoms. The van der Waals surface area contributed by atoms with Crippen molar-refractivity contribution in [3.8, 4) is 0 Å². The predicted molar refractivity (Wildman–Crippen MR) is 91.2 cm³/mol. The van der Waals surface area contributed by atoms with Gasteiger partial charge in [-0.15, -0.1) is 11.3 Å². The van der Waals surface area contributed by atoms with Crippen LogP contribution in [-0.2, 0) is 13.0 Å². The van der Waals surface area contributed by atoms with Gasteiger partial charge in [-0.1, -0.05) is 26.2 Å². The first-order valence-electron chi connectivity index (χ1n) is 8.80. The number of hydrogen-bond acceptors (Lipinski definition) is 4. The zero-order valence-corrected chi connectivity index (χ0v) is 14.3. The average Bonchev–Trinajstić information content (AvgIpc) is 3.00. The molecule has 0 unspecified atom stereocenters. The van der Waals surface area contributed by atoms with Crippen LogP contribution in [0.2, 0.25) is 0 Å². The van der Waals surface area contributed by atoms with Crippen molar-refractivity contribution in [3.05, 3.63) is 10.6 Å². The van der Waals surface area contributed by atoms with Crippen LogP contribution < -0.4 is 10.2 Å². The molecule has 2 aliphatic carbocycles. The van der Waals surface area contributed by atoms with E-state index in [1.54, 1.807) is 0 Å². The van der Waals surface area contributed by atoms with Crippen LogP contribution >= 0.6 is 11.3 Å². The smallest absolute Gasteiger partial charge is 0.186 e. The molecule has 0 radical (unpaired) electrons. The lowest BCUT2D eigenvalue weighted by molar-refractivity contribution is 0.617. The molecule has 2 saturated carbocycles. The number of nitrogens with zero attached hydrogens (tertiary/aromatic N) is 2. The van der Waals surface area contributed by atoms with Crippen LogP contribution in [0.4, 0.5) is 5.13 Å². The van der Waals surface area contributed by atoms with Crippen molar-refractivity contribution < 1.29 is 0 Å². The second-order valence-electron chi connectivity index (χ2n) is 6.50. The fourth-order valence-electron chi connectivity index (χ4n) is 3.35. The first-order chi connectivity index (χ1) is 10.3. The van der Waals surface area contributed by atoms with Crippen LogP contribution in [0.1, 0.15) is 69.4 Å². The number of aryl methyl sites for hydroxylation is 1. The summed E-state index contributed by atoms with van der Waals surface area (Å²) < 4.78 is 0. The second kappa shape index (κ2) is 7.10. The molecule has 1 N–H and O–H groups in total. The maximum atomic E-state index is 5.02. The second-order valence-corrected chi connectivity index (χ2v) is 7.56. The van der Waals surface area contributed by atoms with E-state index in [2.05, 4.69) is 24.1 Å². The Bertz CT molecular complexity index is 447. The summed E-state index contributed by atoms with van der Waals surface area (Å²) in [5.41, 5.74) is 1.35. The summed E-state index contributed by atoms with van der Waals surface area (Å²) in [4.78, 5) is 9.07. The van der Waals surface area contributed by atoms with Crippen molar-refractivity contribution >= 4 is 16.5 Å². The molecule has 3 rings (SSSR count). The van der Waals surface area contributed by atoms with Crippen LogP contribution in [0.15, 0.2) is 0 Å². The molecule has 0 atom stereocenters. The minimum atomic E-state index is 0.736. The van der Waals surface area contributed by atoms with Gasteiger partial charge in [0.05, 0.1) is 5.69 Å². The normalized spacial score (nSPS) is 19.3. The Morgan fingerprint density at radius 1 is 1.19 bits per heavy atom. The van der Waals surface area contributed by atoms with Crippen LogP contribution in [0.3, 0.4) is 0 Å². The lowest BCUT2D eigenvalue weighted by atomic mass is 10.2. The highest BCUT2D eigenvalue weighted by atomic mass is 32.1. The van der Waals surface area contributed by atoms with Crippen molar-refractivity contribution in [1.29, 1.82) is 0 Å². The molecule has 0 amide bonds. The van der Waals surface area contributed by atoms with Crippen LogP contribution in [0.5, 0.6) is 0 Å². The first kappa shape index (κ1) is 15.3. The van der Waals surface area contributed by atoms with E-state index in [1.807, 2.05) is 11.3 Å². The van der Waals surface area contributed by atoms with Crippen molar-refractivity contribution in [3.63, 3.8) is 0 Å². The molecule has 21 heavy (non-hydrogen) atoms. The molecule has 4 heteroatoms. The van der Waals surface area contributed by atoms with E-state index in [4.69, 9.17) is 4.98 Å². The van der Waals surface area contributed by atoms with E-state index in [9.17, 15) is 0 Å². The summed E-state index contributed by atoms with van der Waals surface area (Å²) >= 11 is 1.94. The number of aromatic nitrogens is 1. The molecular weight excluding hydrogens is 278 g/mol. The number of hydrogen-bond donors (Lipinski definition) is 1. The standard InChI is InChI=1S/C17H29N3S/c1-3-7-15-16(12-18-13-10-11-13)21-17(19-15)20(4-2)14-8-5-6-9-14/h13-14,18H,3-12H2,1-2H3. The van der Waals surface area contributed by atoms with Gasteiger partial charge in [0.15, 0.2) is 5.13 Å². The van der Waals surface area contributed by atoms with Gasteiger partial charge in [0, 0.05) is 30.1 Å². The summed E-state index contributed by atoms with van der Waals surface area (Å²) in [6.45, 7) is 6.66. The predicted octanol–water partition coefficient (Wildman–Crippen LogP) is 4.12. The van der Waals surface area contributed by atoms with Crippen molar-refractivity contribution in [2.75, 3.05) is 11.4 Å². The first-order valence-corrected chi connectivity index (χ1v) is 9.62. The Labute approximate surface area is 133 Å². The maximum Gasteiger partial charge on any atom is 0.186 e. The summed E-state index contributed by atoms with van der Waals surface area (Å²) in [5, 5.41) is 4.94. The summed E-state index contributed by atoms with van der Waals surface area (Å²) in [7, 11) is 0. The molecule has 1 heterocycles. The van der Waals surface area contributed by atoms with E-state index < -0.39 is 0 Å². The van der Waals surface area contributed by atoms with Gasteiger partial charge in [0.1, 0.15) is 0 Å². The van der Waals surface area contributed by atoms with Crippen molar-refractivity contribution in [2.24, 2.45) is 0 Å². The van der Waals surface area contributed by atoms with E-state index in [1.165, 1.54) is 60.6 Å². The van der Waals surface area contributed by atoms with Crippen molar-refractivity contribution in [2.45, 2.75) is 83.8 Å². The van der Waals surface area contributed by atoms with Gasteiger partial charge in [-0.05, 0) is 39.0 Å². The third-order valence-corrected chi connectivity index (χ3v) is 5.87. The lowest BCUT2D eigenvalue weighted by Crippen LogP contribution is -2.32. The van der Waals surface area contributed by atoms with Gasteiger partial charge < -0.3 is 10.2 Å². The molecule has 1 aromatic heterocycles. The highest BCUT2D eigenvalue weighted by molar-refractivity contribution is 7.15. The van der Waals surface area contributed by atoms with Crippen LogP contribution in [-0.4, -0.2) is 23.6 Å². The average molecular weight is 308 g/mol. The third kappa shape index (κ3) is 3.78. The molecule has 118 valence electrons. The highest BCUT2D eigenvalue weighted by Gasteiger charge is 2.26. The molecule has 0 aromatic carbocycles. The lowest BCUT2D eigenvalue weighted by Gasteiger charge is -2.26. The fraction of sp³-hybridized carbons (Fsp3) is 0.824. The molecule has 0 aliphatic heterocycles. The monoisotopic (exact) mass is 307 g/mol. The van der Waals surface area contributed by atoms with Gasteiger partial charge in [-0.25, -0.2) is 4.98 Å². The Balaban J connectivity index is 1.74. The number of nitrogens with one attached hydrogen (secondary N) is 1. The Morgan fingerprint density at radius 3 is 2.57 bits per heavy atom. The Morgan fingerprint density at radius 2 is 1.95 bits per heavy atom. The Kier molecular flexibility index (Phi) is 5.17. The van der Waals surface area contributed by atoms with E-state index in [0.29, 0.717) is 0 Å². The van der Waals surface area contributed by atoms with Gasteiger partial charge in [0.25, 0.3) is 0 Å². The zero-order valence-electron chi connectivity index (χ0n) is 13.5. The minimum Gasteiger partial charge on any atom is -0.345 e. The van der Waals surface area contributed by atoms with Gasteiger partial charge in [-0.3, -0.25) is 0 Å². The molecule has 0 spiro atoms. The Hall–Kier alpha value is -0.610. The number of thiazole rings is 1. The van der Waals surface area contributed by atoms with Crippen LogP contribution in [0, 0.1) is 0 Å². The van der Waals surface area contributed by atoms with E-state index >= 15 is 0 Å². The molecule has 2 aliphatic rings. The summed E-state index contributed by atoms with van der Waals surface area (Å²) in [5.74, 6) is 0. The fourth-order valence-corrected chi connectivity index (χ4v) is 4.55. The quantitative estimate of drug-likeness (QED) is 0.783. The topological polar surface area (TPSA) is 28.2 Å². The van der Waals surface area contributed by atoms with E-state index in [0.717, 1.165) is 31.6 Å². The third-order valence-electron chi connectivity index (χ3n) is 4.73. The molecule has 0 saturated heterocycles. The van der Waals surface area contributed by atoms with Gasteiger partial charge in [-0.2, -0.15) is 0 Å².